The average molecular weight is 304 g/mol. The van der Waals surface area contributed by atoms with Crippen molar-refractivity contribution >= 4 is 17.2 Å². The zero-order valence-corrected chi connectivity index (χ0v) is 12.8. The Morgan fingerprint density at radius 2 is 2.14 bits per heavy atom. The molecule has 0 aliphatic heterocycles. The van der Waals surface area contributed by atoms with E-state index in [9.17, 15) is 0 Å². The number of rotatable bonds is 5. The molecule has 0 unspecified atom stereocenters. The highest BCUT2D eigenvalue weighted by Gasteiger charge is 2.14. The number of imidazole rings is 1. The van der Waals surface area contributed by atoms with Crippen LogP contribution in [0.2, 0.25) is 5.02 Å². The standard InChI is InChI=1S/C15H18ClN5/c1-11(12(2)21-7-3-6-18-21)17-8-14-10-20-9-13(16)4-5-15(20)19-14/h3-7,9-12,17H,8H2,1-2H3/t11-,12+/m1/s1. The van der Waals surface area contributed by atoms with E-state index in [0.717, 1.165) is 11.3 Å². The second-order valence-corrected chi connectivity index (χ2v) is 5.68. The van der Waals surface area contributed by atoms with E-state index in [1.165, 1.54) is 0 Å². The monoisotopic (exact) mass is 303 g/mol. The summed E-state index contributed by atoms with van der Waals surface area (Å²) in [7, 11) is 0. The van der Waals surface area contributed by atoms with E-state index in [-0.39, 0.29) is 6.04 Å². The van der Waals surface area contributed by atoms with Gasteiger partial charge in [-0.1, -0.05) is 11.6 Å². The first-order valence-corrected chi connectivity index (χ1v) is 7.37. The van der Waals surface area contributed by atoms with Gasteiger partial charge in [-0.3, -0.25) is 4.68 Å². The Balaban J connectivity index is 1.65. The molecule has 6 heteroatoms. The van der Waals surface area contributed by atoms with Crippen LogP contribution in [0.1, 0.15) is 25.6 Å². The zero-order chi connectivity index (χ0) is 14.8. The maximum absolute atomic E-state index is 5.98. The van der Waals surface area contributed by atoms with Crippen molar-refractivity contribution in [3.63, 3.8) is 0 Å². The van der Waals surface area contributed by atoms with E-state index in [4.69, 9.17) is 11.6 Å². The highest BCUT2D eigenvalue weighted by Crippen LogP contribution is 2.13. The van der Waals surface area contributed by atoms with Gasteiger partial charge in [-0.2, -0.15) is 5.10 Å². The van der Waals surface area contributed by atoms with Gasteiger partial charge in [0.15, 0.2) is 0 Å². The minimum Gasteiger partial charge on any atom is -0.306 e. The second kappa shape index (κ2) is 5.87. The average Bonchev–Trinajstić information content (AvgIpc) is 3.12. The SMILES string of the molecule is C[C@@H](NCc1cn2cc(Cl)ccc2n1)[C@H](C)n1cccn1. The minimum absolute atomic E-state index is 0.284. The van der Waals surface area contributed by atoms with Crippen molar-refractivity contribution in [2.45, 2.75) is 32.5 Å². The predicted molar refractivity (Wildman–Crippen MR) is 83.4 cm³/mol. The maximum atomic E-state index is 5.98. The molecule has 0 bridgehead atoms. The molecule has 3 aromatic rings. The van der Waals surface area contributed by atoms with E-state index in [2.05, 4.69) is 29.2 Å². The Morgan fingerprint density at radius 3 is 2.90 bits per heavy atom. The Hall–Kier alpha value is -1.85. The summed E-state index contributed by atoms with van der Waals surface area (Å²) in [6, 6.07) is 6.28. The van der Waals surface area contributed by atoms with Gasteiger partial charge in [0.05, 0.1) is 16.8 Å². The van der Waals surface area contributed by atoms with Crippen LogP contribution in [0.4, 0.5) is 0 Å². The van der Waals surface area contributed by atoms with Crippen molar-refractivity contribution in [3.8, 4) is 0 Å². The zero-order valence-electron chi connectivity index (χ0n) is 12.1. The molecule has 0 radical (unpaired) electrons. The van der Waals surface area contributed by atoms with Crippen LogP contribution < -0.4 is 5.32 Å². The lowest BCUT2D eigenvalue weighted by molar-refractivity contribution is 0.364. The van der Waals surface area contributed by atoms with Crippen LogP contribution in [-0.2, 0) is 6.54 Å². The van der Waals surface area contributed by atoms with Crippen LogP contribution >= 0.6 is 11.6 Å². The van der Waals surface area contributed by atoms with Gasteiger partial charge in [0.1, 0.15) is 5.65 Å². The van der Waals surface area contributed by atoms with E-state index in [1.54, 1.807) is 6.20 Å². The van der Waals surface area contributed by atoms with Crippen molar-refractivity contribution in [1.29, 1.82) is 0 Å². The first kappa shape index (κ1) is 14.1. The van der Waals surface area contributed by atoms with E-state index in [0.29, 0.717) is 17.6 Å². The summed E-state index contributed by atoms with van der Waals surface area (Å²) >= 11 is 5.98. The molecule has 0 saturated heterocycles. The van der Waals surface area contributed by atoms with E-state index in [1.807, 2.05) is 45.9 Å². The van der Waals surface area contributed by atoms with Gasteiger partial charge in [0.2, 0.25) is 0 Å². The molecule has 0 amide bonds. The number of nitrogens with zero attached hydrogens (tertiary/aromatic N) is 4. The van der Waals surface area contributed by atoms with Crippen LogP contribution in [0.25, 0.3) is 5.65 Å². The van der Waals surface area contributed by atoms with Gasteiger partial charge in [-0.25, -0.2) is 4.98 Å². The molecule has 21 heavy (non-hydrogen) atoms. The Morgan fingerprint density at radius 1 is 1.29 bits per heavy atom. The van der Waals surface area contributed by atoms with Gasteiger partial charge >= 0.3 is 0 Å². The molecule has 3 rings (SSSR count). The first-order valence-electron chi connectivity index (χ1n) is 6.99. The first-order chi connectivity index (χ1) is 10.1. The molecule has 3 aromatic heterocycles. The van der Waals surface area contributed by atoms with Gasteiger partial charge in [0, 0.05) is 37.4 Å². The van der Waals surface area contributed by atoms with Crippen molar-refractivity contribution in [2.24, 2.45) is 0 Å². The molecule has 0 spiro atoms. The van der Waals surface area contributed by atoms with Crippen molar-refractivity contribution in [2.75, 3.05) is 0 Å². The Labute approximate surface area is 128 Å². The number of fused-ring (bicyclic) bond motifs is 1. The molecule has 0 saturated carbocycles. The summed E-state index contributed by atoms with van der Waals surface area (Å²) in [5.74, 6) is 0. The molecule has 0 fully saturated rings. The van der Waals surface area contributed by atoms with Crippen molar-refractivity contribution < 1.29 is 0 Å². The summed E-state index contributed by atoms with van der Waals surface area (Å²) in [6.45, 7) is 5.01. The van der Waals surface area contributed by atoms with Crippen LogP contribution in [0.3, 0.4) is 0 Å². The summed E-state index contributed by atoms with van der Waals surface area (Å²) in [4.78, 5) is 4.57. The molecular weight excluding hydrogens is 286 g/mol. The number of hydrogen-bond acceptors (Lipinski definition) is 3. The van der Waals surface area contributed by atoms with Gasteiger partial charge in [-0.05, 0) is 32.0 Å². The quantitative estimate of drug-likeness (QED) is 0.788. The number of pyridine rings is 1. The van der Waals surface area contributed by atoms with Gasteiger partial charge in [-0.15, -0.1) is 0 Å². The summed E-state index contributed by atoms with van der Waals surface area (Å²) in [5, 5.41) is 8.48. The molecule has 3 heterocycles. The van der Waals surface area contributed by atoms with Crippen LogP contribution in [0.15, 0.2) is 43.0 Å². The molecule has 0 aliphatic carbocycles. The normalized spacial score (nSPS) is 14.4. The van der Waals surface area contributed by atoms with Gasteiger partial charge < -0.3 is 9.72 Å². The third-order valence-electron chi connectivity index (χ3n) is 3.74. The molecule has 5 nitrogen and oxygen atoms in total. The predicted octanol–water partition coefficient (Wildman–Crippen LogP) is 2.92. The van der Waals surface area contributed by atoms with Crippen LogP contribution in [0, 0.1) is 0 Å². The molecule has 0 aromatic carbocycles. The third kappa shape index (κ3) is 3.09. The van der Waals surface area contributed by atoms with E-state index < -0.39 is 0 Å². The molecule has 0 aliphatic rings. The lowest BCUT2D eigenvalue weighted by Gasteiger charge is -2.21. The highest BCUT2D eigenvalue weighted by atomic mass is 35.5. The van der Waals surface area contributed by atoms with Crippen LogP contribution in [0.5, 0.6) is 0 Å². The van der Waals surface area contributed by atoms with E-state index >= 15 is 0 Å². The number of hydrogen-bond donors (Lipinski definition) is 1. The fraction of sp³-hybridized carbons (Fsp3) is 0.333. The van der Waals surface area contributed by atoms with Crippen LogP contribution in [-0.4, -0.2) is 25.2 Å². The fourth-order valence-corrected chi connectivity index (χ4v) is 2.46. The lowest BCUT2D eigenvalue weighted by Crippen LogP contribution is -2.33. The van der Waals surface area contributed by atoms with Gasteiger partial charge in [0.25, 0.3) is 0 Å². The lowest BCUT2D eigenvalue weighted by atomic mass is 10.2. The number of aromatic nitrogens is 4. The van der Waals surface area contributed by atoms with Crippen molar-refractivity contribution in [3.05, 3.63) is 53.7 Å². The third-order valence-corrected chi connectivity index (χ3v) is 3.96. The maximum Gasteiger partial charge on any atom is 0.137 e. The minimum atomic E-state index is 0.284. The molecular formula is C15H18ClN5. The number of halogens is 1. The van der Waals surface area contributed by atoms with Crippen molar-refractivity contribution in [1.82, 2.24) is 24.5 Å². The number of nitrogens with one attached hydrogen (secondary N) is 1. The largest absolute Gasteiger partial charge is 0.306 e. The Bertz CT molecular complexity index is 719. The molecule has 1 N–H and O–H groups in total. The fourth-order valence-electron chi connectivity index (χ4n) is 2.29. The summed E-state index contributed by atoms with van der Waals surface area (Å²) in [5.41, 5.74) is 1.90. The second-order valence-electron chi connectivity index (χ2n) is 5.24. The summed E-state index contributed by atoms with van der Waals surface area (Å²) in [6.07, 6.45) is 7.65. The Kier molecular flexibility index (Phi) is 3.94. The highest BCUT2D eigenvalue weighted by molar-refractivity contribution is 6.30. The smallest absolute Gasteiger partial charge is 0.137 e. The topological polar surface area (TPSA) is 47.1 Å². The summed E-state index contributed by atoms with van der Waals surface area (Å²) < 4.78 is 3.90. The molecule has 110 valence electrons. The molecule has 2 atom stereocenters.